The molecule has 0 aliphatic carbocycles. The first-order chi connectivity index (χ1) is 13.4. The molecule has 1 saturated heterocycles. The first-order valence-electron chi connectivity index (χ1n) is 10.4. The highest BCUT2D eigenvalue weighted by atomic mass is 31.1. The molecule has 4 heteroatoms. The summed E-state index contributed by atoms with van der Waals surface area (Å²) in [5, 5.41) is 11.9. The predicted octanol–water partition coefficient (Wildman–Crippen LogP) is 5.32. The number of piperidine rings is 1. The average molecular weight is 400 g/mol. The third-order valence-corrected chi connectivity index (χ3v) is 7.95. The summed E-state index contributed by atoms with van der Waals surface area (Å²) in [5.74, 6) is 1.16. The van der Waals surface area contributed by atoms with Gasteiger partial charge >= 0.3 is 0 Å². The third-order valence-electron chi connectivity index (χ3n) is 6.02. The Balaban J connectivity index is 1.92. The van der Waals surface area contributed by atoms with Crippen LogP contribution in [0.4, 0.5) is 0 Å². The number of aromatic hydroxyl groups is 1. The van der Waals surface area contributed by atoms with Crippen molar-refractivity contribution in [3.05, 3.63) is 53.1 Å². The lowest BCUT2D eigenvalue weighted by Crippen LogP contribution is -2.31. The van der Waals surface area contributed by atoms with Gasteiger partial charge in [0.25, 0.3) is 0 Å². The first kappa shape index (κ1) is 21.1. The van der Waals surface area contributed by atoms with Gasteiger partial charge in [-0.3, -0.25) is 4.90 Å². The molecule has 1 aliphatic heterocycles. The number of likely N-dealkylation sites (tertiary alicyclic amines) is 1. The van der Waals surface area contributed by atoms with E-state index in [-0.39, 0.29) is 5.16 Å². The molecule has 2 unspecified atom stereocenters. The van der Waals surface area contributed by atoms with E-state index in [1.807, 2.05) is 12.1 Å². The number of benzene rings is 2. The fourth-order valence-corrected chi connectivity index (χ4v) is 5.65. The molecule has 0 bridgehead atoms. The summed E-state index contributed by atoms with van der Waals surface area (Å²) >= 11 is 0. The summed E-state index contributed by atoms with van der Waals surface area (Å²) in [6, 6.07) is 12.5. The van der Waals surface area contributed by atoms with E-state index >= 15 is 0 Å². The number of hydrogen-bond donors (Lipinski definition) is 1. The largest absolute Gasteiger partial charge is 0.508 e. The van der Waals surface area contributed by atoms with Crippen LogP contribution in [0.15, 0.2) is 36.4 Å². The number of rotatable bonds is 7. The Morgan fingerprint density at radius 1 is 1.11 bits per heavy atom. The van der Waals surface area contributed by atoms with Crippen LogP contribution < -0.4 is 10.0 Å². The fraction of sp³-hybridized carbons (Fsp3) is 0.500. The van der Waals surface area contributed by atoms with Crippen LogP contribution in [0.25, 0.3) is 0 Å². The maximum atomic E-state index is 10.6. The van der Waals surface area contributed by atoms with Gasteiger partial charge in [-0.05, 0) is 68.3 Å². The van der Waals surface area contributed by atoms with Crippen LogP contribution in [0.5, 0.6) is 11.5 Å². The topological polar surface area (TPSA) is 32.7 Å². The molecule has 0 radical (unpaired) electrons. The van der Waals surface area contributed by atoms with Crippen molar-refractivity contribution in [1.29, 1.82) is 0 Å². The van der Waals surface area contributed by atoms with Crippen LogP contribution in [0, 0.1) is 6.92 Å². The van der Waals surface area contributed by atoms with E-state index in [1.54, 1.807) is 13.2 Å². The van der Waals surface area contributed by atoms with E-state index in [2.05, 4.69) is 43.9 Å². The van der Waals surface area contributed by atoms with Gasteiger partial charge in [-0.25, -0.2) is 0 Å². The zero-order valence-corrected chi connectivity index (χ0v) is 18.7. The van der Waals surface area contributed by atoms with Crippen molar-refractivity contribution in [1.82, 2.24) is 4.90 Å². The van der Waals surface area contributed by atoms with Crippen molar-refractivity contribution < 1.29 is 9.84 Å². The Kier molecular flexibility index (Phi) is 7.01. The second-order valence-electron chi connectivity index (χ2n) is 8.19. The van der Waals surface area contributed by atoms with E-state index < -0.39 is 0 Å². The van der Waals surface area contributed by atoms with Gasteiger partial charge in [-0.15, -0.1) is 0 Å². The number of hydrogen-bond acceptors (Lipinski definition) is 3. The van der Waals surface area contributed by atoms with Crippen LogP contribution in [-0.2, 0) is 11.7 Å². The summed E-state index contributed by atoms with van der Waals surface area (Å²) in [6.07, 6.45) is 4.95. The predicted molar refractivity (Wildman–Crippen MR) is 121 cm³/mol. The van der Waals surface area contributed by atoms with Crippen LogP contribution in [0.2, 0.25) is 0 Å². The molecule has 2 aromatic carbocycles. The smallest absolute Gasteiger partial charge is 0.119 e. The number of phenols is 1. The monoisotopic (exact) mass is 399 g/mol. The van der Waals surface area contributed by atoms with Crippen molar-refractivity contribution in [2.45, 2.75) is 58.2 Å². The summed E-state index contributed by atoms with van der Waals surface area (Å²) in [5.41, 5.74) is 3.75. The highest BCUT2D eigenvalue weighted by Gasteiger charge is 2.29. The summed E-state index contributed by atoms with van der Waals surface area (Å²) in [4.78, 5) is 2.60. The summed E-state index contributed by atoms with van der Waals surface area (Å²) in [6.45, 7) is 10.1. The molecule has 0 amide bonds. The van der Waals surface area contributed by atoms with E-state index in [0.29, 0.717) is 14.3 Å². The molecule has 3 nitrogen and oxygen atoms in total. The third kappa shape index (κ3) is 4.88. The molecule has 0 saturated carbocycles. The Morgan fingerprint density at radius 2 is 1.86 bits per heavy atom. The minimum atomic E-state index is -0.121. The Morgan fingerprint density at radius 3 is 2.54 bits per heavy atom. The molecular formula is C24H34NO2P. The Bertz CT molecular complexity index is 801. The maximum absolute atomic E-state index is 10.6. The quantitative estimate of drug-likeness (QED) is 0.639. The minimum Gasteiger partial charge on any atom is -0.508 e. The molecule has 1 heterocycles. The average Bonchev–Trinajstić information content (AvgIpc) is 2.71. The molecule has 152 valence electrons. The van der Waals surface area contributed by atoms with E-state index in [0.717, 1.165) is 24.3 Å². The van der Waals surface area contributed by atoms with Gasteiger partial charge in [0.2, 0.25) is 0 Å². The Labute approximate surface area is 171 Å². The molecule has 0 spiro atoms. The maximum Gasteiger partial charge on any atom is 0.119 e. The summed E-state index contributed by atoms with van der Waals surface area (Å²) in [7, 11) is 2.27. The molecule has 28 heavy (non-hydrogen) atoms. The second-order valence-corrected chi connectivity index (χ2v) is 10.1. The molecule has 3 rings (SSSR count). The highest BCUT2D eigenvalue weighted by Crippen LogP contribution is 2.48. The number of phenolic OH excluding ortho intramolecular Hbond substituents is 1. The Hall–Kier alpha value is -1.57. The van der Waals surface area contributed by atoms with Gasteiger partial charge in [-0.1, -0.05) is 52.6 Å². The highest BCUT2D eigenvalue weighted by molar-refractivity contribution is 7.48. The van der Waals surface area contributed by atoms with Crippen molar-refractivity contribution in [3.8, 4) is 11.5 Å². The minimum absolute atomic E-state index is 0.121. The molecule has 2 aromatic rings. The van der Waals surface area contributed by atoms with Crippen LogP contribution in [0.1, 0.15) is 56.2 Å². The lowest BCUT2D eigenvalue weighted by Gasteiger charge is -2.32. The van der Waals surface area contributed by atoms with Crippen LogP contribution in [-0.4, -0.2) is 30.2 Å². The SMILES string of the molecule is CCC(C)(Pc1ccc(C)cc1CN1CCCCC1)c1cc(OC)ccc1O. The van der Waals surface area contributed by atoms with Crippen molar-refractivity contribution in [3.63, 3.8) is 0 Å². The first-order valence-corrected chi connectivity index (χ1v) is 11.4. The lowest BCUT2D eigenvalue weighted by molar-refractivity contribution is 0.221. The van der Waals surface area contributed by atoms with Gasteiger partial charge < -0.3 is 9.84 Å². The molecule has 0 aromatic heterocycles. The van der Waals surface area contributed by atoms with E-state index in [1.165, 1.54) is 48.8 Å². The zero-order valence-electron chi connectivity index (χ0n) is 17.7. The van der Waals surface area contributed by atoms with E-state index in [4.69, 9.17) is 4.74 Å². The van der Waals surface area contributed by atoms with Crippen LogP contribution >= 0.6 is 8.58 Å². The van der Waals surface area contributed by atoms with Crippen molar-refractivity contribution >= 4 is 13.9 Å². The lowest BCUT2D eigenvalue weighted by atomic mass is 9.96. The van der Waals surface area contributed by atoms with Gasteiger partial charge in [0.05, 0.1) is 7.11 Å². The van der Waals surface area contributed by atoms with E-state index in [9.17, 15) is 5.11 Å². The van der Waals surface area contributed by atoms with Gasteiger partial charge in [0.1, 0.15) is 11.5 Å². The van der Waals surface area contributed by atoms with Crippen molar-refractivity contribution in [2.75, 3.05) is 20.2 Å². The number of nitrogens with zero attached hydrogens (tertiary/aromatic N) is 1. The van der Waals surface area contributed by atoms with Crippen molar-refractivity contribution in [2.24, 2.45) is 0 Å². The van der Waals surface area contributed by atoms with Gasteiger partial charge in [0, 0.05) is 17.3 Å². The molecule has 2 atom stereocenters. The second kappa shape index (κ2) is 9.29. The molecule has 1 fully saturated rings. The fourth-order valence-electron chi connectivity index (χ4n) is 4.06. The standard InChI is InChI=1S/C24H34NO2P/c1-5-24(3,21-16-20(27-4)10-11-22(21)26)28-23-12-9-18(2)15-19(23)17-25-13-7-6-8-14-25/h9-12,15-16,26,28H,5-8,13-14,17H2,1-4H3. The normalized spacial score (nSPS) is 17.7. The van der Waals surface area contributed by atoms with Crippen LogP contribution in [0.3, 0.4) is 0 Å². The molecule has 1 aliphatic rings. The number of ether oxygens (including phenoxy) is 1. The van der Waals surface area contributed by atoms with Gasteiger partial charge in [0.15, 0.2) is 0 Å². The number of methoxy groups -OCH3 is 1. The summed E-state index contributed by atoms with van der Waals surface area (Å²) < 4.78 is 5.42. The zero-order chi connectivity index (χ0) is 20.1. The molecular weight excluding hydrogens is 365 g/mol. The number of aryl methyl sites for hydroxylation is 1. The van der Waals surface area contributed by atoms with Gasteiger partial charge in [-0.2, -0.15) is 0 Å². The molecule has 1 N–H and O–H groups in total.